The minimum atomic E-state index is -0.333. The number of pyridine rings is 1. The van der Waals surface area contributed by atoms with Crippen molar-refractivity contribution in [1.29, 1.82) is 0 Å². The van der Waals surface area contributed by atoms with E-state index in [0.29, 0.717) is 27.9 Å². The Balaban J connectivity index is 1.38. The predicted molar refractivity (Wildman–Crippen MR) is 115 cm³/mol. The predicted octanol–water partition coefficient (Wildman–Crippen LogP) is 2.03. The summed E-state index contributed by atoms with van der Waals surface area (Å²) in [4.78, 5) is 43.3. The van der Waals surface area contributed by atoms with E-state index in [1.165, 1.54) is 15.3 Å². The molecule has 5 rings (SSSR count). The first-order chi connectivity index (χ1) is 15.1. The van der Waals surface area contributed by atoms with Crippen molar-refractivity contribution in [2.75, 3.05) is 5.32 Å². The van der Waals surface area contributed by atoms with Crippen LogP contribution in [0.3, 0.4) is 0 Å². The molecule has 0 atom stereocenters. The van der Waals surface area contributed by atoms with Crippen molar-refractivity contribution in [1.82, 2.24) is 24.1 Å². The normalized spacial score (nSPS) is 11.1. The van der Waals surface area contributed by atoms with Crippen molar-refractivity contribution in [2.45, 2.75) is 6.54 Å². The fourth-order valence-electron chi connectivity index (χ4n) is 3.38. The molecule has 0 unspecified atom stereocenters. The van der Waals surface area contributed by atoms with Gasteiger partial charge in [-0.05, 0) is 48.0 Å². The van der Waals surface area contributed by atoms with Gasteiger partial charge in [0.2, 0.25) is 0 Å². The summed E-state index contributed by atoms with van der Waals surface area (Å²) in [5.41, 5.74) is 2.87. The molecule has 0 bridgehead atoms. The molecule has 0 aliphatic heterocycles. The van der Waals surface area contributed by atoms with Crippen molar-refractivity contribution in [3.63, 3.8) is 0 Å². The van der Waals surface area contributed by atoms with Crippen LogP contribution >= 0.6 is 0 Å². The van der Waals surface area contributed by atoms with Gasteiger partial charge in [-0.1, -0.05) is 18.2 Å². The molecule has 0 fully saturated rings. The zero-order valence-corrected chi connectivity index (χ0v) is 16.1. The van der Waals surface area contributed by atoms with E-state index in [2.05, 4.69) is 20.4 Å². The number of hydrogen-bond donors (Lipinski definition) is 2. The van der Waals surface area contributed by atoms with Gasteiger partial charge in [0.15, 0.2) is 5.65 Å². The first kappa shape index (κ1) is 18.5. The molecule has 0 saturated carbocycles. The van der Waals surface area contributed by atoms with Gasteiger partial charge >= 0.3 is 5.69 Å². The lowest BCUT2D eigenvalue weighted by Gasteiger charge is -2.08. The van der Waals surface area contributed by atoms with Crippen molar-refractivity contribution in [3.05, 3.63) is 105 Å². The first-order valence-electron chi connectivity index (χ1n) is 9.50. The highest BCUT2D eigenvalue weighted by molar-refractivity contribution is 6.05. The maximum Gasteiger partial charge on any atom is 0.350 e. The molecular weight excluding hydrogens is 396 g/mol. The van der Waals surface area contributed by atoms with Gasteiger partial charge in [0.1, 0.15) is 0 Å². The summed E-state index contributed by atoms with van der Waals surface area (Å²) < 4.78 is 2.85. The Labute approximate surface area is 174 Å². The standard InChI is InChI=1S/C22H16N6O3/c29-20-12-23-17-8-7-15(11-18(17)25-20)21(30)24-16-5-3-4-14(10-16)13-28-22(31)27-9-2-1-6-19(27)26-28/h1-12H,13H2,(H,24,30)(H,25,29). The third-order valence-electron chi connectivity index (χ3n) is 4.84. The molecule has 5 aromatic rings. The highest BCUT2D eigenvalue weighted by atomic mass is 16.2. The molecule has 3 aromatic heterocycles. The van der Waals surface area contributed by atoms with Crippen LogP contribution in [0.2, 0.25) is 0 Å². The van der Waals surface area contributed by atoms with Crippen LogP contribution in [-0.4, -0.2) is 30.1 Å². The lowest BCUT2D eigenvalue weighted by Crippen LogP contribution is -2.21. The Kier molecular flexibility index (Phi) is 4.40. The smallest absolute Gasteiger partial charge is 0.322 e. The quantitative estimate of drug-likeness (QED) is 0.469. The average Bonchev–Trinajstić information content (AvgIpc) is 3.09. The minimum absolute atomic E-state index is 0.233. The second-order valence-corrected chi connectivity index (χ2v) is 7.00. The summed E-state index contributed by atoms with van der Waals surface area (Å²) in [6.45, 7) is 0.271. The van der Waals surface area contributed by atoms with Gasteiger partial charge in [-0.25, -0.2) is 14.5 Å². The zero-order valence-electron chi connectivity index (χ0n) is 16.1. The Bertz CT molecular complexity index is 1560. The molecule has 31 heavy (non-hydrogen) atoms. The number of H-pyrrole nitrogens is 1. The summed E-state index contributed by atoms with van der Waals surface area (Å²) in [6, 6.07) is 17.5. The van der Waals surface area contributed by atoms with Gasteiger partial charge in [0.25, 0.3) is 11.5 Å². The van der Waals surface area contributed by atoms with Crippen LogP contribution in [0.15, 0.2) is 82.6 Å². The van der Waals surface area contributed by atoms with Gasteiger partial charge in [0.05, 0.1) is 23.8 Å². The molecule has 0 saturated heterocycles. The van der Waals surface area contributed by atoms with Crippen LogP contribution in [0, 0.1) is 0 Å². The van der Waals surface area contributed by atoms with E-state index >= 15 is 0 Å². The van der Waals surface area contributed by atoms with Crippen LogP contribution in [0.1, 0.15) is 15.9 Å². The number of rotatable bonds is 4. The molecule has 0 aliphatic carbocycles. The van der Waals surface area contributed by atoms with Gasteiger partial charge in [0, 0.05) is 17.4 Å². The number of aromatic nitrogens is 5. The van der Waals surface area contributed by atoms with E-state index in [0.717, 1.165) is 5.56 Å². The maximum atomic E-state index is 12.7. The molecule has 1 amide bonds. The van der Waals surface area contributed by atoms with Crippen molar-refractivity contribution in [3.8, 4) is 0 Å². The second-order valence-electron chi connectivity index (χ2n) is 7.00. The molecule has 152 valence electrons. The number of carbonyl (C=O) groups is 1. The third-order valence-corrected chi connectivity index (χ3v) is 4.84. The number of nitrogens with one attached hydrogen (secondary N) is 2. The number of hydrogen-bond acceptors (Lipinski definition) is 5. The SMILES string of the molecule is O=C(Nc1cccc(Cn2nc3ccccn3c2=O)c1)c1ccc2ncc(=O)[nH]c2c1. The summed E-state index contributed by atoms with van der Waals surface area (Å²) >= 11 is 0. The highest BCUT2D eigenvalue weighted by Gasteiger charge is 2.10. The van der Waals surface area contributed by atoms with E-state index in [1.807, 2.05) is 12.1 Å². The van der Waals surface area contributed by atoms with Crippen LogP contribution < -0.4 is 16.6 Å². The largest absolute Gasteiger partial charge is 0.350 e. The van der Waals surface area contributed by atoms with Crippen LogP contribution in [0.25, 0.3) is 16.7 Å². The summed E-state index contributed by atoms with van der Waals surface area (Å²) in [5.74, 6) is -0.325. The number of anilines is 1. The number of benzene rings is 2. The van der Waals surface area contributed by atoms with Gasteiger partial charge < -0.3 is 10.3 Å². The number of fused-ring (bicyclic) bond motifs is 2. The van der Waals surface area contributed by atoms with Gasteiger partial charge in [-0.2, -0.15) is 0 Å². The average molecular weight is 412 g/mol. The maximum absolute atomic E-state index is 12.7. The molecule has 0 radical (unpaired) electrons. The first-order valence-corrected chi connectivity index (χ1v) is 9.50. The van der Waals surface area contributed by atoms with Gasteiger partial charge in [-0.15, -0.1) is 5.10 Å². The summed E-state index contributed by atoms with van der Waals surface area (Å²) in [5, 5.41) is 7.17. The van der Waals surface area contributed by atoms with Crippen molar-refractivity contribution >= 4 is 28.3 Å². The highest BCUT2D eigenvalue weighted by Crippen LogP contribution is 2.15. The molecular formula is C22H16N6O3. The molecule has 2 aromatic carbocycles. The monoisotopic (exact) mass is 412 g/mol. The Morgan fingerprint density at radius 2 is 1.94 bits per heavy atom. The van der Waals surface area contributed by atoms with Gasteiger partial charge in [-0.3, -0.25) is 14.0 Å². The Morgan fingerprint density at radius 1 is 1.03 bits per heavy atom. The molecule has 2 N–H and O–H groups in total. The second kappa shape index (κ2) is 7.38. The molecule has 0 spiro atoms. The summed E-state index contributed by atoms with van der Waals surface area (Å²) in [6.07, 6.45) is 2.87. The lowest BCUT2D eigenvalue weighted by atomic mass is 10.1. The molecule has 9 heteroatoms. The number of aromatic amines is 1. The summed E-state index contributed by atoms with van der Waals surface area (Å²) in [7, 11) is 0. The van der Waals surface area contributed by atoms with E-state index in [1.54, 1.807) is 54.7 Å². The molecule has 3 heterocycles. The Morgan fingerprint density at radius 3 is 2.81 bits per heavy atom. The third kappa shape index (κ3) is 3.60. The van der Waals surface area contributed by atoms with Crippen molar-refractivity contribution < 1.29 is 4.79 Å². The van der Waals surface area contributed by atoms with Crippen LogP contribution in [0.5, 0.6) is 0 Å². The van der Waals surface area contributed by atoms with E-state index in [4.69, 9.17) is 0 Å². The number of nitrogens with zero attached hydrogens (tertiary/aromatic N) is 4. The van der Waals surface area contributed by atoms with Crippen molar-refractivity contribution in [2.24, 2.45) is 0 Å². The molecule has 9 nitrogen and oxygen atoms in total. The number of carbonyl (C=O) groups excluding carboxylic acids is 1. The Hall–Kier alpha value is -4.53. The number of amides is 1. The van der Waals surface area contributed by atoms with Crippen LogP contribution in [0.4, 0.5) is 5.69 Å². The lowest BCUT2D eigenvalue weighted by molar-refractivity contribution is 0.102. The zero-order chi connectivity index (χ0) is 21.4. The van der Waals surface area contributed by atoms with E-state index in [-0.39, 0.29) is 23.7 Å². The minimum Gasteiger partial charge on any atom is -0.322 e. The van der Waals surface area contributed by atoms with E-state index < -0.39 is 0 Å². The van der Waals surface area contributed by atoms with E-state index in [9.17, 15) is 14.4 Å². The molecule has 0 aliphatic rings. The van der Waals surface area contributed by atoms with Crippen LogP contribution in [-0.2, 0) is 6.54 Å². The topological polar surface area (TPSA) is 114 Å². The fraction of sp³-hybridized carbons (Fsp3) is 0.0455. The fourth-order valence-corrected chi connectivity index (χ4v) is 3.38.